The number of anilines is 1. The van der Waals surface area contributed by atoms with Crippen LogP contribution in [-0.2, 0) is 4.79 Å². The van der Waals surface area contributed by atoms with E-state index >= 15 is 0 Å². The summed E-state index contributed by atoms with van der Waals surface area (Å²) in [6, 6.07) is 1.77. The molecule has 1 heterocycles. The Kier molecular flexibility index (Phi) is 5.18. The fourth-order valence-corrected chi connectivity index (χ4v) is 1.45. The zero-order chi connectivity index (χ0) is 12.0. The number of aromatic nitrogens is 2. The van der Waals surface area contributed by atoms with E-state index in [9.17, 15) is 4.79 Å². The van der Waals surface area contributed by atoms with E-state index in [-0.39, 0.29) is 5.91 Å². The van der Waals surface area contributed by atoms with Crippen molar-refractivity contribution in [2.75, 3.05) is 25.0 Å². The van der Waals surface area contributed by atoms with Gasteiger partial charge in [0.25, 0.3) is 0 Å². The number of rotatable bonds is 5. The fourth-order valence-electron chi connectivity index (χ4n) is 1.15. The van der Waals surface area contributed by atoms with Crippen LogP contribution in [0.25, 0.3) is 0 Å². The van der Waals surface area contributed by atoms with Crippen LogP contribution in [-0.4, -0.2) is 36.0 Å². The number of hydrogen-bond acceptors (Lipinski definition) is 4. The number of carbonyl (C=O) groups is 1. The summed E-state index contributed by atoms with van der Waals surface area (Å²) in [7, 11) is 1.82. The van der Waals surface area contributed by atoms with Gasteiger partial charge in [-0.3, -0.25) is 4.79 Å². The van der Waals surface area contributed by atoms with Crippen LogP contribution >= 0.6 is 15.9 Å². The van der Waals surface area contributed by atoms with E-state index < -0.39 is 0 Å². The molecule has 1 aromatic heterocycles. The van der Waals surface area contributed by atoms with Crippen molar-refractivity contribution in [3.8, 4) is 0 Å². The number of halogens is 1. The van der Waals surface area contributed by atoms with Gasteiger partial charge in [-0.2, -0.15) is 0 Å². The van der Waals surface area contributed by atoms with Gasteiger partial charge in [0.2, 0.25) is 5.91 Å². The molecule has 6 heteroatoms. The van der Waals surface area contributed by atoms with Crippen molar-refractivity contribution in [1.29, 1.82) is 0 Å². The summed E-state index contributed by atoms with van der Waals surface area (Å²) in [6.45, 7) is 3.02. The zero-order valence-corrected chi connectivity index (χ0v) is 11.0. The van der Waals surface area contributed by atoms with Crippen molar-refractivity contribution in [2.45, 2.75) is 13.3 Å². The van der Waals surface area contributed by atoms with Gasteiger partial charge in [0.1, 0.15) is 16.7 Å². The van der Waals surface area contributed by atoms with Crippen molar-refractivity contribution in [2.24, 2.45) is 0 Å². The molecule has 0 aliphatic carbocycles. The van der Waals surface area contributed by atoms with Gasteiger partial charge < -0.3 is 10.2 Å². The van der Waals surface area contributed by atoms with Crippen molar-refractivity contribution in [3.05, 3.63) is 17.0 Å². The van der Waals surface area contributed by atoms with Crippen LogP contribution < -0.4 is 10.2 Å². The molecule has 0 bridgehead atoms. The van der Waals surface area contributed by atoms with Gasteiger partial charge in [-0.25, -0.2) is 9.97 Å². The average Bonchev–Trinajstić information content (AvgIpc) is 2.26. The first-order chi connectivity index (χ1) is 7.63. The standard InChI is InChI=1S/C10H15BrN4O/c1-3-4-12-10(16)6-15(2)9-5-8(11)13-7-14-9/h5,7H,3-4,6H2,1-2H3,(H,12,16). The maximum absolute atomic E-state index is 11.5. The topological polar surface area (TPSA) is 58.1 Å². The van der Waals surface area contributed by atoms with Gasteiger partial charge in [0.05, 0.1) is 6.54 Å². The highest BCUT2D eigenvalue weighted by atomic mass is 79.9. The van der Waals surface area contributed by atoms with Crippen LogP contribution in [0.3, 0.4) is 0 Å². The van der Waals surface area contributed by atoms with Crippen molar-refractivity contribution in [3.63, 3.8) is 0 Å². The summed E-state index contributed by atoms with van der Waals surface area (Å²) in [6.07, 6.45) is 2.40. The zero-order valence-electron chi connectivity index (χ0n) is 9.40. The first-order valence-corrected chi connectivity index (χ1v) is 5.88. The SMILES string of the molecule is CCCNC(=O)CN(C)c1cc(Br)ncn1. The highest BCUT2D eigenvalue weighted by Crippen LogP contribution is 2.12. The van der Waals surface area contributed by atoms with E-state index in [1.807, 2.05) is 14.0 Å². The van der Waals surface area contributed by atoms with Gasteiger partial charge in [0, 0.05) is 19.7 Å². The second kappa shape index (κ2) is 6.42. The van der Waals surface area contributed by atoms with Gasteiger partial charge in [-0.1, -0.05) is 6.92 Å². The Morgan fingerprint density at radius 2 is 2.31 bits per heavy atom. The molecule has 1 rings (SSSR count). The second-order valence-corrected chi connectivity index (χ2v) is 4.22. The number of nitrogens with zero attached hydrogens (tertiary/aromatic N) is 3. The highest BCUT2D eigenvalue weighted by Gasteiger charge is 2.08. The third kappa shape index (κ3) is 4.14. The van der Waals surface area contributed by atoms with Crippen LogP contribution in [0.2, 0.25) is 0 Å². The Bertz CT molecular complexity index is 358. The molecule has 1 amide bonds. The monoisotopic (exact) mass is 286 g/mol. The Morgan fingerprint density at radius 1 is 1.56 bits per heavy atom. The lowest BCUT2D eigenvalue weighted by molar-refractivity contribution is -0.119. The molecule has 0 aliphatic heterocycles. The number of amides is 1. The maximum Gasteiger partial charge on any atom is 0.239 e. The molecule has 0 aromatic carbocycles. The van der Waals surface area contributed by atoms with Crippen LogP contribution in [0.4, 0.5) is 5.82 Å². The minimum atomic E-state index is -0.000848. The molecule has 0 radical (unpaired) electrons. The maximum atomic E-state index is 11.5. The predicted molar refractivity (Wildman–Crippen MR) is 66.3 cm³/mol. The summed E-state index contributed by atoms with van der Waals surface area (Å²) in [5, 5.41) is 2.81. The molecular weight excluding hydrogens is 272 g/mol. The van der Waals surface area contributed by atoms with Gasteiger partial charge in [-0.05, 0) is 22.4 Å². The number of hydrogen-bond donors (Lipinski definition) is 1. The summed E-state index contributed by atoms with van der Waals surface area (Å²) in [5.41, 5.74) is 0. The molecule has 0 unspecified atom stereocenters. The molecule has 16 heavy (non-hydrogen) atoms. The highest BCUT2D eigenvalue weighted by molar-refractivity contribution is 9.10. The molecule has 0 aliphatic rings. The van der Waals surface area contributed by atoms with E-state index in [1.54, 1.807) is 11.0 Å². The summed E-state index contributed by atoms with van der Waals surface area (Å²) in [5.74, 6) is 0.715. The molecule has 0 fully saturated rings. The Hall–Kier alpha value is -1.17. The Morgan fingerprint density at radius 3 is 2.94 bits per heavy atom. The number of likely N-dealkylation sites (N-methyl/N-ethyl adjacent to an activating group) is 1. The van der Waals surface area contributed by atoms with Gasteiger partial charge >= 0.3 is 0 Å². The minimum Gasteiger partial charge on any atom is -0.355 e. The molecule has 0 atom stereocenters. The van der Waals surface area contributed by atoms with Gasteiger partial charge in [-0.15, -0.1) is 0 Å². The van der Waals surface area contributed by atoms with Crippen molar-refractivity contribution >= 4 is 27.7 Å². The van der Waals surface area contributed by atoms with Crippen LogP contribution in [0.1, 0.15) is 13.3 Å². The fraction of sp³-hybridized carbons (Fsp3) is 0.500. The smallest absolute Gasteiger partial charge is 0.239 e. The van der Waals surface area contributed by atoms with Gasteiger partial charge in [0.15, 0.2) is 0 Å². The molecule has 0 spiro atoms. The average molecular weight is 287 g/mol. The van der Waals surface area contributed by atoms with E-state index in [2.05, 4.69) is 31.2 Å². The Labute approximate surface area is 103 Å². The summed E-state index contributed by atoms with van der Waals surface area (Å²) in [4.78, 5) is 21.2. The summed E-state index contributed by atoms with van der Waals surface area (Å²) >= 11 is 3.26. The van der Waals surface area contributed by atoms with E-state index in [1.165, 1.54) is 6.33 Å². The largest absolute Gasteiger partial charge is 0.355 e. The lowest BCUT2D eigenvalue weighted by Crippen LogP contribution is -2.35. The molecule has 5 nitrogen and oxygen atoms in total. The minimum absolute atomic E-state index is 0.000848. The van der Waals surface area contributed by atoms with Crippen molar-refractivity contribution in [1.82, 2.24) is 15.3 Å². The van der Waals surface area contributed by atoms with E-state index in [0.717, 1.165) is 6.42 Å². The van der Waals surface area contributed by atoms with E-state index in [4.69, 9.17) is 0 Å². The van der Waals surface area contributed by atoms with Crippen molar-refractivity contribution < 1.29 is 4.79 Å². The quantitative estimate of drug-likeness (QED) is 0.827. The predicted octanol–water partition coefficient (Wildman–Crippen LogP) is 1.20. The first kappa shape index (κ1) is 12.9. The van der Waals surface area contributed by atoms with Crippen LogP contribution in [0, 0.1) is 0 Å². The van der Waals surface area contributed by atoms with E-state index in [0.29, 0.717) is 23.5 Å². The first-order valence-electron chi connectivity index (χ1n) is 5.09. The molecule has 0 saturated heterocycles. The third-order valence-electron chi connectivity index (χ3n) is 1.96. The second-order valence-electron chi connectivity index (χ2n) is 3.40. The third-order valence-corrected chi connectivity index (χ3v) is 2.40. The number of carbonyl (C=O) groups excluding carboxylic acids is 1. The number of nitrogens with one attached hydrogen (secondary N) is 1. The molecule has 0 saturated carbocycles. The summed E-state index contributed by atoms with van der Waals surface area (Å²) < 4.78 is 0.707. The van der Waals surface area contributed by atoms with Crippen LogP contribution in [0.15, 0.2) is 17.0 Å². The Balaban J connectivity index is 2.52. The molecule has 88 valence electrons. The lowest BCUT2D eigenvalue weighted by Gasteiger charge is -2.17. The normalized spacial score (nSPS) is 9.94. The molecule has 1 aromatic rings. The molecule has 1 N–H and O–H groups in total. The molecular formula is C10H15BrN4O. The lowest BCUT2D eigenvalue weighted by atomic mass is 10.4. The van der Waals surface area contributed by atoms with Crippen LogP contribution in [0.5, 0.6) is 0 Å².